The maximum Gasteiger partial charge on any atom is 0.169 e. The van der Waals surface area contributed by atoms with Crippen LogP contribution in [0.1, 0.15) is 29.8 Å². The molecule has 20 heavy (non-hydrogen) atoms. The maximum absolute atomic E-state index is 10.6. The molecule has 1 heterocycles. The molecule has 0 atom stereocenters. The number of hydrogen-bond donors (Lipinski definition) is 0. The summed E-state index contributed by atoms with van der Waals surface area (Å²) < 4.78 is 11.8. The van der Waals surface area contributed by atoms with E-state index in [4.69, 9.17) is 9.47 Å². The molecule has 1 aliphatic heterocycles. The third kappa shape index (κ3) is 2.39. The minimum Gasteiger partial charge on any atom is -0.483 e. The summed E-state index contributed by atoms with van der Waals surface area (Å²) in [6.45, 7) is 4.13. The van der Waals surface area contributed by atoms with Crippen LogP contribution in [0.25, 0.3) is 0 Å². The number of para-hydroxylation sites is 1. The van der Waals surface area contributed by atoms with Gasteiger partial charge in [-0.05, 0) is 44.2 Å². The van der Waals surface area contributed by atoms with Crippen molar-refractivity contribution in [2.75, 3.05) is 0 Å². The van der Waals surface area contributed by atoms with Gasteiger partial charge in [0.05, 0.1) is 0 Å². The lowest BCUT2D eigenvalue weighted by Crippen LogP contribution is -2.24. The second kappa shape index (κ2) is 4.67. The van der Waals surface area contributed by atoms with E-state index in [0.717, 1.165) is 24.0 Å². The van der Waals surface area contributed by atoms with Crippen LogP contribution in [0.15, 0.2) is 42.5 Å². The summed E-state index contributed by atoms with van der Waals surface area (Å²) in [5.74, 6) is 2.22. The second-order valence-electron chi connectivity index (χ2n) is 5.57. The molecular formula is C17H16O3. The first-order chi connectivity index (χ1) is 9.57. The first-order valence-electron chi connectivity index (χ1n) is 6.61. The van der Waals surface area contributed by atoms with Crippen LogP contribution in [-0.2, 0) is 6.42 Å². The lowest BCUT2D eigenvalue weighted by Gasteiger charge is -2.18. The first kappa shape index (κ1) is 12.7. The van der Waals surface area contributed by atoms with Gasteiger partial charge in [0.25, 0.3) is 0 Å². The van der Waals surface area contributed by atoms with Crippen LogP contribution in [0.4, 0.5) is 0 Å². The fraction of sp³-hybridized carbons (Fsp3) is 0.235. The molecular weight excluding hydrogens is 252 g/mol. The molecule has 102 valence electrons. The molecule has 1 aliphatic rings. The fourth-order valence-electron chi connectivity index (χ4n) is 2.41. The summed E-state index contributed by atoms with van der Waals surface area (Å²) in [5, 5.41) is 0. The summed E-state index contributed by atoms with van der Waals surface area (Å²) in [5.41, 5.74) is 1.61. The van der Waals surface area contributed by atoms with Crippen molar-refractivity contribution in [2.24, 2.45) is 0 Å². The average Bonchev–Trinajstić information content (AvgIpc) is 2.75. The van der Waals surface area contributed by atoms with E-state index in [1.165, 1.54) is 0 Å². The van der Waals surface area contributed by atoms with Crippen LogP contribution in [-0.4, -0.2) is 11.9 Å². The molecule has 0 saturated carbocycles. The molecule has 2 aromatic rings. The highest BCUT2D eigenvalue weighted by Crippen LogP contribution is 2.43. The standard InChI is InChI=1S/C17H16O3/c1-17(2)10-13-4-3-5-15(16(13)20-17)19-14-8-6-12(11-18)7-9-14/h3-9,11H,10H2,1-2H3. The van der Waals surface area contributed by atoms with Crippen molar-refractivity contribution >= 4 is 6.29 Å². The maximum atomic E-state index is 10.6. The molecule has 2 aromatic carbocycles. The van der Waals surface area contributed by atoms with Gasteiger partial charge in [-0.1, -0.05) is 12.1 Å². The molecule has 3 nitrogen and oxygen atoms in total. The summed E-state index contributed by atoms with van der Waals surface area (Å²) >= 11 is 0. The van der Waals surface area contributed by atoms with Crippen molar-refractivity contribution in [1.29, 1.82) is 0 Å². The smallest absolute Gasteiger partial charge is 0.169 e. The average molecular weight is 268 g/mol. The number of ether oxygens (including phenoxy) is 2. The van der Waals surface area contributed by atoms with Gasteiger partial charge in [0.1, 0.15) is 17.6 Å². The largest absolute Gasteiger partial charge is 0.483 e. The Hall–Kier alpha value is -2.29. The Morgan fingerprint density at radius 3 is 2.60 bits per heavy atom. The van der Waals surface area contributed by atoms with Gasteiger partial charge in [0, 0.05) is 17.5 Å². The number of benzene rings is 2. The summed E-state index contributed by atoms with van der Waals surface area (Å²) in [6.07, 6.45) is 1.69. The van der Waals surface area contributed by atoms with E-state index in [9.17, 15) is 4.79 Å². The molecule has 0 unspecified atom stereocenters. The van der Waals surface area contributed by atoms with Gasteiger partial charge in [-0.25, -0.2) is 0 Å². The van der Waals surface area contributed by atoms with Crippen LogP contribution < -0.4 is 9.47 Å². The zero-order chi connectivity index (χ0) is 14.2. The molecule has 0 N–H and O–H groups in total. The van der Waals surface area contributed by atoms with Gasteiger partial charge in [-0.15, -0.1) is 0 Å². The minimum atomic E-state index is -0.191. The third-order valence-electron chi connectivity index (χ3n) is 3.30. The molecule has 3 rings (SSSR count). The van der Waals surface area contributed by atoms with Gasteiger partial charge in [-0.3, -0.25) is 4.79 Å². The van der Waals surface area contributed by atoms with Gasteiger partial charge in [0.15, 0.2) is 11.5 Å². The molecule has 3 heteroatoms. The lowest BCUT2D eigenvalue weighted by molar-refractivity contribution is 0.112. The third-order valence-corrected chi connectivity index (χ3v) is 3.30. The van der Waals surface area contributed by atoms with Crippen molar-refractivity contribution in [3.63, 3.8) is 0 Å². The van der Waals surface area contributed by atoms with Crippen molar-refractivity contribution in [3.05, 3.63) is 53.6 Å². The SMILES string of the molecule is CC1(C)Cc2cccc(Oc3ccc(C=O)cc3)c2O1. The van der Waals surface area contributed by atoms with Gasteiger partial charge >= 0.3 is 0 Å². The van der Waals surface area contributed by atoms with Crippen LogP contribution in [0.3, 0.4) is 0 Å². The zero-order valence-corrected chi connectivity index (χ0v) is 11.6. The van der Waals surface area contributed by atoms with E-state index in [-0.39, 0.29) is 5.60 Å². The van der Waals surface area contributed by atoms with E-state index in [2.05, 4.69) is 19.9 Å². The van der Waals surface area contributed by atoms with Crippen LogP contribution >= 0.6 is 0 Å². The molecule has 0 saturated heterocycles. The predicted octanol–water partition coefficient (Wildman–Crippen LogP) is 4.00. The first-order valence-corrected chi connectivity index (χ1v) is 6.61. The van der Waals surface area contributed by atoms with Crippen molar-refractivity contribution < 1.29 is 14.3 Å². The number of fused-ring (bicyclic) bond motifs is 1. The molecule has 0 radical (unpaired) electrons. The highest BCUT2D eigenvalue weighted by Gasteiger charge is 2.32. The van der Waals surface area contributed by atoms with E-state index in [1.807, 2.05) is 12.1 Å². The molecule has 0 bridgehead atoms. The van der Waals surface area contributed by atoms with Crippen LogP contribution in [0.2, 0.25) is 0 Å². The molecule has 0 fully saturated rings. The Balaban J connectivity index is 1.89. The number of rotatable bonds is 3. The Labute approximate surface area is 118 Å². The van der Waals surface area contributed by atoms with Gasteiger partial charge in [-0.2, -0.15) is 0 Å². The van der Waals surface area contributed by atoms with Crippen molar-refractivity contribution in [3.8, 4) is 17.2 Å². The number of hydrogen-bond acceptors (Lipinski definition) is 3. The van der Waals surface area contributed by atoms with E-state index in [0.29, 0.717) is 17.1 Å². The highest BCUT2D eigenvalue weighted by atomic mass is 16.5. The normalized spacial score (nSPS) is 15.3. The number of aldehydes is 1. The summed E-state index contributed by atoms with van der Waals surface area (Å²) in [4.78, 5) is 10.6. The van der Waals surface area contributed by atoms with Crippen molar-refractivity contribution in [1.82, 2.24) is 0 Å². The Bertz CT molecular complexity index is 642. The minimum absolute atomic E-state index is 0.191. The Kier molecular flexibility index (Phi) is 2.97. The summed E-state index contributed by atoms with van der Waals surface area (Å²) in [6, 6.07) is 13.0. The van der Waals surface area contributed by atoms with Crippen molar-refractivity contribution in [2.45, 2.75) is 25.9 Å². The Morgan fingerprint density at radius 1 is 1.15 bits per heavy atom. The highest BCUT2D eigenvalue weighted by molar-refractivity contribution is 5.74. The molecule has 0 amide bonds. The molecule has 0 aromatic heterocycles. The monoisotopic (exact) mass is 268 g/mol. The fourth-order valence-corrected chi connectivity index (χ4v) is 2.41. The van der Waals surface area contributed by atoms with E-state index < -0.39 is 0 Å². The second-order valence-corrected chi connectivity index (χ2v) is 5.57. The number of carbonyl (C=O) groups is 1. The summed E-state index contributed by atoms with van der Waals surface area (Å²) in [7, 11) is 0. The zero-order valence-electron chi connectivity index (χ0n) is 11.6. The van der Waals surface area contributed by atoms with E-state index >= 15 is 0 Å². The van der Waals surface area contributed by atoms with E-state index in [1.54, 1.807) is 24.3 Å². The van der Waals surface area contributed by atoms with Gasteiger partial charge < -0.3 is 9.47 Å². The van der Waals surface area contributed by atoms with Crippen LogP contribution in [0.5, 0.6) is 17.2 Å². The topological polar surface area (TPSA) is 35.5 Å². The number of carbonyl (C=O) groups excluding carboxylic acids is 1. The Morgan fingerprint density at radius 2 is 1.90 bits per heavy atom. The lowest BCUT2D eigenvalue weighted by atomic mass is 10.0. The molecule has 0 spiro atoms. The quantitative estimate of drug-likeness (QED) is 0.789. The van der Waals surface area contributed by atoms with Crippen LogP contribution in [0, 0.1) is 0 Å². The molecule has 0 aliphatic carbocycles. The van der Waals surface area contributed by atoms with Gasteiger partial charge in [0.2, 0.25) is 0 Å². The predicted molar refractivity (Wildman–Crippen MR) is 76.8 cm³/mol.